The summed E-state index contributed by atoms with van der Waals surface area (Å²) in [5, 5.41) is 0. The fourth-order valence-electron chi connectivity index (χ4n) is 3.41. The first-order valence-corrected chi connectivity index (χ1v) is 7.83. The lowest BCUT2D eigenvalue weighted by Gasteiger charge is -2.44. The molecule has 0 fully saturated rings. The molecule has 0 amide bonds. The van der Waals surface area contributed by atoms with Crippen LogP contribution in [0.1, 0.15) is 51.3 Å². The van der Waals surface area contributed by atoms with Gasteiger partial charge in [-0.05, 0) is 32.0 Å². The summed E-state index contributed by atoms with van der Waals surface area (Å²) < 4.78 is 5.84. The van der Waals surface area contributed by atoms with Crippen molar-refractivity contribution in [3.05, 3.63) is 29.3 Å². The molecule has 0 saturated carbocycles. The second kappa shape index (κ2) is 6.15. The smallest absolute Gasteiger partial charge is 0.127 e. The van der Waals surface area contributed by atoms with Crippen LogP contribution in [0, 0.1) is 0 Å². The van der Waals surface area contributed by atoms with Crippen LogP contribution in [0.3, 0.4) is 0 Å². The number of hydrogen-bond acceptors (Lipinski definition) is 3. The molecule has 0 aliphatic carbocycles. The normalized spacial score (nSPS) is 18.5. The Kier molecular flexibility index (Phi) is 4.71. The van der Waals surface area contributed by atoms with E-state index in [9.17, 15) is 0 Å². The van der Waals surface area contributed by atoms with E-state index in [0.717, 1.165) is 43.9 Å². The van der Waals surface area contributed by atoms with Crippen molar-refractivity contribution in [1.82, 2.24) is 4.90 Å². The van der Waals surface area contributed by atoms with Gasteiger partial charge in [-0.15, -0.1) is 0 Å². The monoisotopic (exact) mass is 276 g/mol. The number of benzene rings is 1. The van der Waals surface area contributed by atoms with Gasteiger partial charge in [0.1, 0.15) is 5.75 Å². The molecule has 2 atom stereocenters. The lowest BCUT2D eigenvalue weighted by atomic mass is 9.82. The third kappa shape index (κ3) is 2.45. The van der Waals surface area contributed by atoms with Crippen molar-refractivity contribution in [2.24, 2.45) is 5.73 Å². The van der Waals surface area contributed by atoms with E-state index >= 15 is 0 Å². The lowest BCUT2D eigenvalue weighted by Crippen LogP contribution is -2.53. The van der Waals surface area contributed by atoms with Gasteiger partial charge in [0, 0.05) is 17.5 Å². The number of likely N-dealkylation sites (N-methyl/N-ethyl adjacent to an activating group) is 1. The van der Waals surface area contributed by atoms with Gasteiger partial charge in [-0.1, -0.05) is 39.0 Å². The maximum absolute atomic E-state index is 6.69. The SMILES string of the molecule is CCN(CC)C(C)(CC)C(N)c1cccc2c1OCC2. The van der Waals surface area contributed by atoms with Gasteiger partial charge in [0.05, 0.1) is 12.6 Å². The van der Waals surface area contributed by atoms with Crippen molar-refractivity contribution in [1.29, 1.82) is 0 Å². The molecule has 2 N–H and O–H groups in total. The number of hydrogen-bond donors (Lipinski definition) is 1. The molecule has 3 nitrogen and oxygen atoms in total. The maximum atomic E-state index is 6.69. The highest BCUT2D eigenvalue weighted by Gasteiger charge is 2.37. The van der Waals surface area contributed by atoms with Crippen LogP contribution < -0.4 is 10.5 Å². The molecule has 0 aromatic heterocycles. The summed E-state index contributed by atoms with van der Waals surface area (Å²) in [6.07, 6.45) is 2.03. The largest absolute Gasteiger partial charge is 0.493 e. The minimum Gasteiger partial charge on any atom is -0.493 e. The Hall–Kier alpha value is -1.06. The standard InChI is InChI=1S/C17H28N2O/c1-5-17(4,19(6-2)7-3)16(18)14-10-8-9-13-11-12-20-15(13)14/h8-10,16H,5-7,11-12,18H2,1-4H3. The van der Waals surface area contributed by atoms with Crippen LogP contribution in [-0.4, -0.2) is 30.1 Å². The molecule has 0 bridgehead atoms. The minimum atomic E-state index is -0.0371. The van der Waals surface area contributed by atoms with Crippen LogP contribution in [0.5, 0.6) is 5.75 Å². The molecule has 20 heavy (non-hydrogen) atoms. The number of nitrogens with zero attached hydrogens (tertiary/aromatic N) is 1. The van der Waals surface area contributed by atoms with Crippen LogP contribution in [0.4, 0.5) is 0 Å². The Morgan fingerprint density at radius 1 is 1.30 bits per heavy atom. The van der Waals surface area contributed by atoms with Crippen molar-refractivity contribution in [2.75, 3.05) is 19.7 Å². The van der Waals surface area contributed by atoms with Crippen molar-refractivity contribution < 1.29 is 4.74 Å². The fraction of sp³-hybridized carbons (Fsp3) is 0.647. The summed E-state index contributed by atoms with van der Waals surface area (Å²) >= 11 is 0. The molecule has 0 saturated heterocycles. The molecule has 1 heterocycles. The van der Waals surface area contributed by atoms with E-state index in [0.29, 0.717) is 0 Å². The molecule has 2 unspecified atom stereocenters. The molecule has 3 heteroatoms. The molecule has 1 aromatic rings. The zero-order chi connectivity index (χ0) is 14.8. The molecule has 1 aliphatic rings. The van der Waals surface area contributed by atoms with Gasteiger partial charge in [-0.3, -0.25) is 4.90 Å². The molecule has 0 spiro atoms. The third-order valence-corrected chi connectivity index (χ3v) is 4.95. The summed E-state index contributed by atoms with van der Waals surface area (Å²) in [6, 6.07) is 6.37. The quantitative estimate of drug-likeness (QED) is 0.867. The second-order valence-electron chi connectivity index (χ2n) is 5.79. The van der Waals surface area contributed by atoms with E-state index in [1.165, 1.54) is 5.56 Å². The Labute approximate surface area is 123 Å². The fourth-order valence-corrected chi connectivity index (χ4v) is 3.41. The zero-order valence-corrected chi connectivity index (χ0v) is 13.3. The lowest BCUT2D eigenvalue weighted by molar-refractivity contribution is 0.0835. The molecular weight excluding hydrogens is 248 g/mol. The summed E-state index contributed by atoms with van der Waals surface area (Å²) in [7, 11) is 0. The average Bonchev–Trinajstić information content (AvgIpc) is 2.95. The van der Waals surface area contributed by atoms with Crippen molar-refractivity contribution in [3.63, 3.8) is 0 Å². The number of ether oxygens (including phenoxy) is 1. The summed E-state index contributed by atoms with van der Waals surface area (Å²) in [5.74, 6) is 1.03. The van der Waals surface area contributed by atoms with E-state index < -0.39 is 0 Å². The van der Waals surface area contributed by atoms with Crippen LogP contribution in [0.15, 0.2) is 18.2 Å². The Morgan fingerprint density at radius 2 is 2.00 bits per heavy atom. The molecule has 1 aromatic carbocycles. The second-order valence-corrected chi connectivity index (χ2v) is 5.79. The topological polar surface area (TPSA) is 38.5 Å². The number of fused-ring (bicyclic) bond motifs is 1. The van der Waals surface area contributed by atoms with Crippen LogP contribution in [0.25, 0.3) is 0 Å². The number of rotatable bonds is 6. The van der Waals surface area contributed by atoms with Gasteiger partial charge < -0.3 is 10.5 Å². The van der Waals surface area contributed by atoms with E-state index in [-0.39, 0.29) is 11.6 Å². The van der Waals surface area contributed by atoms with Gasteiger partial charge in [0.25, 0.3) is 0 Å². The number of nitrogens with two attached hydrogens (primary N) is 1. The van der Waals surface area contributed by atoms with Gasteiger partial charge in [0.2, 0.25) is 0 Å². The number of para-hydroxylation sites is 1. The van der Waals surface area contributed by atoms with Gasteiger partial charge >= 0.3 is 0 Å². The van der Waals surface area contributed by atoms with Crippen LogP contribution in [-0.2, 0) is 6.42 Å². The Balaban J connectivity index is 2.38. The maximum Gasteiger partial charge on any atom is 0.127 e. The summed E-state index contributed by atoms with van der Waals surface area (Å²) in [6.45, 7) is 11.7. The van der Waals surface area contributed by atoms with E-state index in [1.807, 2.05) is 0 Å². The molecule has 0 radical (unpaired) electrons. The first-order valence-electron chi connectivity index (χ1n) is 7.83. The third-order valence-electron chi connectivity index (χ3n) is 4.95. The predicted octanol–water partition coefficient (Wildman–Crippen LogP) is 3.13. The molecular formula is C17H28N2O. The average molecular weight is 276 g/mol. The van der Waals surface area contributed by atoms with Gasteiger partial charge in [-0.25, -0.2) is 0 Å². The van der Waals surface area contributed by atoms with Crippen molar-refractivity contribution in [3.8, 4) is 5.75 Å². The van der Waals surface area contributed by atoms with Crippen molar-refractivity contribution in [2.45, 2.75) is 52.1 Å². The minimum absolute atomic E-state index is 0.0274. The Bertz CT molecular complexity index is 456. The van der Waals surface area contributed by atoms with E-state index in [1.54, 1.807) is 0 Å². The van der Waals surface area contributed by atoms with E-state index in [4.69, 9.17) is 10.5 Å². The highest BCUT2D eigenvalue weighted by atomic mass is 16.5. The predicted molar refractivity (Wildman–Crippen MR) is 84.2 cm³/mol. The van der Waals surface area contributed by atoms with Crippen LogP contribution >= 0.6 is 0 Å². The van der Waals surface area contributed by atoms with Crippen molar-refractivity contribution >= 4 is 0 Å². The Morgan fingerprint density at radius 3 is 2.60 bits per heavy atom. The van der Waals surface area contributed by atoms with E-state index in [2.05, 4.69) is 50.8 Å². The molecule has 1 aliphatic heterocycles. The van der Waals surface area contributed by atoms with Crippen LogP contribution in [0.2, 0.25) is 0 Å². The first-order chi connectivity index (χ1) is 9.58. The highest BCUT2D eigenvalue weighted by Crippen LogP contribution is 2.39. The molecule has 112 valence electrons. The first kappa shape index (κ1) is 15.3. The van der Waals surface area contributed by atoms with Gasteiger partial charge in [0.15, 0.2) is 0 Å². The summed E-state index contributed by atoms with van der Waals surface area (Å²) in [4.78, 5) is 2.46. The zero-order valence-electron chi connectivity index (χ0n) is 13.3. The molecule has 2 rings (SSSR count). The summed E-state index contributed by atoms with van der Waals surface area (Å²) in [5.41, 5.74) is 9.12. The highest BCUT2D eigenvalue weighted by molar-refractivity contribution is 5.46. The van der Waals surface area contributed by atoms with Gasteiger partial charge in [-0.2, -0.15) is 0 Å².